The summed E-state index contributed by atoms with van der Waals surface area (Å²) < 4.78 is 15.5. The first-order chi connectivity index (χ1) is 12.7. The summed E-state index contributed by atoms with van der Waals surface area (Å²) in [5.74, 6) is -0.353. The van der Waals surface area contributed by atoms with E-state index in [1.807, 2.05) is 35.0 Å². The molecule has 130 valence electrons. The summed E-state index contributed by atoms with van der Waals surface area (Å²) in [6, 6.07) is 10.2. The molecule has 0 spiro atoms. The number of carbonyl (C=O) groups excluding carboxylic acids is 1. The second-order valence-corrected chi connectivity index (χ2v) is 5.92. The molecule has 2 N–H and O–H groups in total. The highest BCUT2D eigenvalue weighted by molar-refractivity contribution is 5.79. The number of carbonyl (C=O) groups is 1. The summed E-state index contributed by atoms with van der Waals surface area (Å²) in [5, 5.41) is 6.29. The van der Waals surface area contributed by atoms with Crippen molar-refractivity contribution in [2.75, 3.05) is 0 Å². The standard InChI is InChI=1S/C19H16FN5O/c20-16-3-1-2-15-8-14(11-22-18(15)16)12-24-19(26)23-10-13-4-6-25-7-5-21-17(25)9-13/h1-9,11H,10,12H2,(H2,23,24,26). The average molecular weight is 349 g/mol. The second kappa shape index (κ2) is 6.79. The highest BCUT2D eigenvalue weighted by Crippen LogP contribution is 2.16. The molecule has 0 radical (unpaired) electrons. The van der Waals surface area contributed by atoms with Gasteiger partial charge in [-0.3, -0.25) is 4.98 Å². The quantitative estimate of drug-likeness (QED) is 0.595. The zero-order chi connectivity index (χ0) is 17.9. The van der Waals surface area contributed by atoms with E-state index in [9.17, 15) is 9.18 Å². The van der Waals surface area contributed by atoms with Crippen molar-refractivity contribution in [2.24, 2.45) is 0 Å². The van der Waals surface area contributed by atoms with Crippen molar-refractivity contribution in [1.82, 2.24) is 25.0 Å². The third-order valence-electron chi connectivity index (χ3n) is 4.09. The third kappa shape index (κ3) is 3.32. The van der Waals surface area contributed by atoms with E-state index in [1.165, 1.54) is 6.07 Å². The Balaban J connectivity index is 1.34. The van der Waals surface area contributed by atoms with Crippen LogP contribution in [0, 0.1) is 5.82 Å². The molecule has 0 saturated carbocycles. The number of nitrogens with one attached hydrogen (secondary N) is 2. The Morgan fingerprint density at radius 1 is 1.04 bits per heavy atom. The Hall–Kier alpha value is -3.48. The molecule has 7 heteroatoms. The van der Waals surface area contributed by atoms with Crippen LogP contribution in [-0.2, 0) is 13.1 Å². The van der Waals surface area contributed by atoms with Crippen LogP contribution in [0.15, 0.2) is 61.2 Å². The van der Waals surface area contributed by atoms with Crippen molar-refractivity contribution in [3.05, 3.63) is 78.1 Å². The van der Waals surface area contributed by atoms with Gasteiger partial charge in [-0.25, -0.2) is 14.2 Å². The largest absolute Gasteiger partial charge is 0.334 e. The number of nitrogens with zero attached hydrogens (tertiary/aromatic N) is 3. The summed E-state index contributed by atoms with van der Waals surface area (Å²) in [4.78, 5) is 20.3. The van der Waals surface area contributed by atoms with Gasteiger partial charge in [0.05, 0.1) is 0 Å². The van der Waals surface area contributed by atoms with E-state index in [2.05, 4.69) is 20.6 Å². The molecule has 0 saturated heterocycles. The number of urea groups is 1. The molecule has 0 fully saturated rings. The highest BCUT2D eigenvalue weighted by atomic mass is 19.1. The van der Waals surface area contributed by atoms with Crippen LogP contribution in [0.25, 0.3) is 16.6 Å². The van der Waals surface area contributed by atoms with Gasteiger partial charge in [0.2, 0.25) is 0 Å². The Kier molecular flexibility index (Phi) is 4.18. The number of halogens is 1. The predicted octanol–water partition coefficient (Wildman–Crippen LogP) is 3.02. The number of pyridine rings is 2. The van der Waals surface area contributed by atoms with Crippen molar-refractivity contribution in [3.63, 3.8) is 0 Å². The van der Waals surface area contributed by atoms with Gasteiger partial charge in [0, 0.05) is 43.3 Å². The van der Waals surface area contributed by atoms with Crippen molar-refractivity contribution in [1.29, 1.82) is 0 Å². The van der Waals surface area contributed by atoms with E-state index in [0.29, 0.717) is 24.0 Å². The van der Waals surface area contributed by atoms with Crippen LogP contribution in [-0.4, -0.2) is 20.4 Å². The van der Waals surface area contributed by atoms with Crippen molar-refractivity contribution < 1.29 is 9.18 Å². The molecular weight excluding hydrogens is 333 g/mol. The minimum atomic E-state index is -0.353. The number of imidazole rings is 1. The molecule has 0 aliphatic carbocycles. The Bertz CT molecular complexity index is 1090. The normalized spacial score (nSPS) is 11.0. The summed E-state index contributed by atoms with van der Waals surface area (Å²) in [5.41, 5.74) is 2.92. The Labute approximate surface area is 148 Å². The lowest BCUT2D eigenvalue weighted by Crippen LogP contribution is -2.34. The molecule has 3 aromatic heterocycles. The van der Waals surface area contributed by atoms with E-state index in [4.69, 9.17) is 0 Å². The topological polar surface area (TPSA) is 71.3 Å². The first-order valence-corrected chi connectivity index (χ1v) is 8.15. The van der Waals surface area contributed by atoms with Crippen LogP contribution in [0.3, 0.4) is 0 Å². The van der Waals surface area contributed by atoms with Gasteiger partial charge in [0.25, 0.3) is 0 Å². The van der Waals surface area contributed by atoms with Gasteiger partial charge in [-0.05, 0) is 35.4 Å². The van der Waals surface area contributed by atoms with Gasteiger partial charge in [-0.15, -0.1) is 0 Å². The number of rotatable bonds is 4. The number of fused-ring (bicyclic) bond motifs is 2. The van der Waals surface area contributed by atoms with Gasteiger partial charge < -0.3 is 15.0 Å². The fraction of sp³-hybridized carbons (Fsp3) is 0.105. The minimum absolute atomic E-state index is 0.285. The Morgan fingerprint density at radius 2 is 1.88 bits per heavy atom. The summed E-state index contributed by atoms with van der Waals surface area (Å²) in [6.45, 7) is 0.709. The van der Waals surface area contributed by atoms with Gasteiger partial charge in [-0.1, -0.05) is 12.1 Å². The van der Waals surface area contributed by atoms with Gasteiger partial charge in [0.1, 0.15) is 17.0 Å². The molecule has 0 bridgehead atoms. The van der Waals surface area contributed by atoms with Crippen LogP contribution >= 0.6 is 0 Å². The average Bonchev–Trinajstić information content (AvgIpc) is 3.12. The summed E-state index contributed by atoms with van der Waals surface area (Å²) in [6.07, 6.45) is 7.06. The van der Waals surface area contributed by atoms with Crippen molar-refractivity contribution in [2.45, 2.75) is 13.1 Å². The van der Waals surface area contributed by atoms with Crippen LogP contribution in [0.5, 0.6) is 0 Å². The lowest BCUT2D eigenvalue weighted by molar-refractivity contribution is 0.240. The van der Waals surface area contributed by atoms with E-state index < -0.39 is 0 Å². The van der Waals surface area contributed by atoms with Gasteiger partial charge >= 0.3 is 6.03 Å². The first-order valence-electron chi connectivity index (χ1n) is 8.15. The van der Waals surface area contributed by atoms with Crippen LogP contribution in [0.2, 0.25) is 0 Å². The fourth-order valence-electron chi connectivity index (χ4n) is 2.76. The van der Waals surface area contributed by atoms with E-state index in [-0.39, 0.29) is 11.8 Å². The zero-order valence-corrected chi connectivity index (χ0v) is 13.8. The molecule has 26 heavy (non-hydrogen) atoms. The van der Waals surface area contributed by atoms with Crippen LogP contribution < -0.4 is 10.6 Å². The molecule has 3 heterocycles. The summed E-state index contributed by atoms with van der Waals surface area (Å²) in [7, 11) is 0. The third-order valence-corrected chi connectivity index (χ3v) is 4.09. The molecule has 4 rings (SSSR count). The molecule has 6 nitrogen and oxygen atoms in total. The molecule has 1 aromatic carbocycles. The van der Waals surface area contributed by atoms with E-state index in [0.717, 1.165) is 16.8 Å². The Morgan fingerprint density at radius 3 is 2.77 bits per heavy atom. The number of amides is 2. The number of para-hydroxylation sites is 1. The number of hydrogen-bond acceptors (Lipinski definition) is 3. The lowest BCUT2D eigenvalue weighted by atomic mass is 10.1. The number of aromatic nitrogens is 3. The zero-order valence-electron chi connectivity index (χ0n) is 13.8. The number of hydrogen-bond donors (Lipinski definition) is 2. The van der Waals surface area contributed by atoms with E-state index in [1.54, 1.807) is 24.5 Å². The molecule has 0 aliphatic rings. The summed E-state index contributed by atoms with van der Waals surface area (Å²) >= 11 is 0. The van der Waals surface area contributed by atoms with Crippen LogP contribution in [0.1, 0.15) is 11.1 Å². The maximum Gasteiger partial charge on any atom is 0.315 e. The molecular formula is C19H16FN5O. The maximum absolute atomic E-state index is 13.6. The molecule has 4 aromatic rings. The predicted molar refractivity (Wildman–Crippen MR) is 96.0 cm³/mol. The second-order valence-electron chi connectivity index (χ2n) is 5.92. The van der Waals surface area contributed by atoms with Gasteiger partial charge in [-0.2, -0.15) is 0 Å². The van der Waals surface area contributed by atoms with Gasteiger partial charge in [0.15, 0.2) is 0 Å². The highest BCUT2D eigenvalue weighted by Gasteiger charge is 2.05. The maximum atomic E-state index is 13.6. The SMILES string of the molecule is O=C(NCc1cnc2c(F)cccc2c1)NCc1ccn2ccnc2c1. The van der Waals surface area contributed by atoms with Crippen LogP contribution in [0.4, 0.5) is 9.18 Å². The fourth-order valence-corrected chi connectivity index (χ4v) is 2.76. The molecule has 0 aliphatic heterocycles. The van der Waals surface area contributed by atoms with Crippen molar-refractivity contribution >= 4 is 22.6 Å². The number of benzene rings is 1. The lowest BCUT2D eigenvalue weighted by Gasteiger charge is -2.09. The molecule has 2 amide bonds. The molecule has 0 atom stereocenters. The monoisotopic (exact) mass is 349 g/mol. The first kappa shape index (κ1) is 16.0. The van der Waals surface area contributed by atoms with Crippen molar-refractivity contribution in [3.8, 4) is 0 Å². The van der Waals surface area contributed by atoms with E-state index >= 15 is 0 Å². The smallest absolute Gasteiger partial charge is 0.315 e. The molecule has 0 unspecified atom stereocenters. The minimum Gasteiger partial charge on any atom is -0.334 e.